The van der Waals surface area contributed by atoms with Gasteiger partial charge in [-0.1, -0.05) is 0 Å². The molecule has 0 aliphatic carbocycles. The Kier molecular flexibility index (Phi) is 5.00. The van der Waals surface area contributed by atoms with Crippen LogP contribution in [0.25, 0.3) is 10.9 Å². The van der Waals surface area contributed by atoms with Crippen molar-refractivity contribution in [1.29, 1.82) is 0 Å². The zero-order valence-corrected chi connectivity index (χ0v) is 12.9. The third-order valence-electron chi connectivity index (χ3n) is 3.18. The number of hydrogen-bond acceptors (Lipinski definition) is 4. The van der Waals surface area contributed by atoms with Crippen molar-refractivity contribution in [2.45, 2.75) is 0 Å². The van der Waals surface area contributed by atoms with Gasteiger partial charge in [-0.05, 0) is 26.2 Å². The van der Waals surface area contributed by atoms with E-state index in [0.717, 1.165) is 6.54 Å². The number of ether oxygens (including phenoxy) is 1. The third kappa shape index (κ3) is 3.76. The number of hydrogen-bond donors (Lipinski definition) is 3. The van der Waals surface area contributed by atoms with Gasteiger partial charge in [-0.25, -0.2) is 4.79 Å². The average Bonchev–Trinajstić information content (AvgIpc) is 2.49. The van der Waals surface area contributed by atoms with Crippen LogP contribution >= 0.6 is 0 Å². The van der Waals surface area contributed by atoms with Gasteiger partial charge >= 0.3 is 6.03 Å². The number of benzene rings is 1. The normalized spacial score (nSPS) is 10.7. The number of carbonyl (C=O) groups is 1. The molecule has 1 aromatic heterocycles. The molecule has 0 bridgehead atoms. The van der Waals surface area contributed by atoms with Crippen LogP contribution in [0, 0.1) is 0 Å². The first-order valence-corrected chi connectivity index (χ1v) is 6.90. The molecule has 0 fully saturated rings. The van der Waals surface area contributed by atoms with Crippen LogP contribution in [-0.2, 0) is 0 Å². The molecule has 22 heavy (non-hydrogen) atoms. The van der Waals surface area contributed by atoms with E-state index < -0.39 is 6.03 Å². The molecule has 7 nitrogen and oxygen atoms in total. The SMILES string of the molecule is COc1ccc2c(=O)c(NC(=O)NCCN(C)C)c[nH]c2c1. The van der Waals surface area contributed by atoms with Crippen molar-refractivity contribution in [2.75, 3.05) is 39.6 Å². The van der Waals surface area contributed by atoms with E-state index in [-0.39, 0.29) is 11.1 Å². The number of H-pyrrole nitrogens is 1. The number of carbonyl (C=O) groups excluding carboxylic acids is 1. The summed E-state index contributed by atoms with van der Waals surface area (Å²) in [6, 6.07) is 4.71. The molecule has 3 N–H and O–H groups in total. The zero-order chi connectivity index (χ0) is 16.1. The van der Waals surface area contributed by atoms with Gasteiger partial charge in [-0.15, -0.1) is 0 Å². The van der Waals surface area contributed by atoms with Gasteiger partial charge in [0.1, 0.15) is 11.4 Å². The number of urea groups is 1. The number of methoxy groups -OCH3 is 1. The van der Waals surface area contributed by atoms with Crippen molar-refractivity contribution in [3.05, 3.63) is 34.6 Å². The molecule has 0 aliphatic heterocycles. The molecular weight excluding hydrogens is 284 g/mol. The monoisotopic (exact) mass is 304 g/mol. The van der Waals surface area contributed by atoms with Crippen LogP contribution in [0.15, 0.2) is 29.2 Å². The number of fused-ring (bicyclic) bond motifs is 1. The van der Waals surface area contributed by atoms with E-state index in [9.17, 15) is 9.59 Å². The van der Waals surface area contributed by atoms with Crippen LogP contribution in [0.3, 0.4) is 0 Å². The Morgan fingerprint density at radius 1 is 1.36 bits per heavy atom. The summed E-state index contributed by atoms with van der Waals surface area (Å²) in [6.07, 6.45) is 1.48. The van der Waals surface area contributed by atoms with Crippen LogP contribution in [-0.4, -0.2) is 50.2 Å². The summed E-state index contributed by atoms with van der Waals surface area (Å²) in [5.74, 6) is 0.658. The molecule has 7 heteroatoms. The van der Waals surface area contributed by atoms with Crippen molar-refractivity contribution in [3.63, 3.8) is 0 Å². The molecular formula is C15H20N4O3. The van der Waals surface area contributed by atoms with Crippen molar-refractivity contribution in [2.24, 2.45) is 0 Å². The maximum atomic E-state index is 12.3. The van der Waals surface area contributed by atoms with E-state index in [1.807, 2.05) is 19.0 Å². The summed E-state index contributed by atoms with van der Waals surface area (Å²) in [5.41, 5.74) is 0.627. The smallest absolute Gasteiger partial charge is 0.319 e. The summed E-state index contributed by atoms with van der Waals surface area (Å²) >= 11 is 0. The van der Waals surface area contributed by atoms with E-state index in [1.54, 1.807) is 25.3 Å². The first-order chi connectivity index (χ1) is 10.5. The van der Waals surface area contributed by atoms with Gasteiger partial charge < -0.3 is 25.3 Å². The Balaban J connectivity index is 2.13. The molecule has 0 unspecified atom stereocenters. The molecule has 1 aromatic carbocycles. The number of pyridine rings is 1. The number of rotatable bonds is 5. The van der Waals surface area contributed by atoms with Crippen LogP contribution in [0.4, 0.5) is 10.5 Å². The lowest BCUT2D eigenvalue weighted by atomic mass is 10.2. The second-order valence-corrected chi connectivity index (χ2v) is 5.13. The molecule has 2 rings (SSSR count). The van der Waals surface area contributed by atoms with Crippen LogP contribution < -0.4 is 20.8 Å². The van der Waals surface area contributed by atoms with E-state index >= 15 is 0 Å². The number of likely N-dealkylation sites (N-methyl/N-ethyl adjacent to an activating group) is 1. The maximum absolute atomic E-state index is 12.3. The maximum Gasteiger partial charge on any atom is 0.319 e. The summed E-state index contributed by atoms with van der Waals surface area (Å²) < 4.78 is 5.11. The first kappa shape index (κ1) is 15.8. The highest BCUT2D eigenvalue weighted by Gasteiger charge is 2.09. The lowest BCUT2D eigenvalue weighted by Crippen LogP contribution is -2.35. The van der Waals surface area contributed by atoms with Crippen LogP contribution in [0.2, 0.25) is 0 Å². The highest BCUT2D eigenvalue weighted by molar-refractivity contribution is 5.92. The van der Waals surface area contributed by atoms with Crippen molar-refractivity contribution in [3.8, 4) is 5.75 Å². The molecule has 118 valence electrons. The molecule has 0 spiro atoms. The van der Waals surface area contributed by atoms with Crippen molar-refractivity contribution < 1.29 is 9.53 Å². The molecule has 1 heterocycles. The van der Waals surface area contributed by atoms with E-state index in [1.165, 1.54) is 6.20 Å². The Hall–Kier alpha value is -2.54. The molecule has 0 atom stereocenters. The quantitative estimate of drug-likeness (QED) is 0.775. The molecule has 0 saturated carbocycles. The fraction of sp³-hybridized carbons (Fsp3) is 0.333. The van der Waals surface area contributed by atoms with Gasteiger partial charge in [-0.3, -0.25) is 4.79 Å². The Bertz CT molecular complexity index is 724. The third-order valence-corrected chi connectivity index (χ3v) is 3.18. The summed E-state index contributed by atoms with van der Waals surface area (Å²) in [5, 5.41) is 5.75. The lowest BCUT2D eigenvalue weighted by Gasteiger charge is -2.11. The largest absolute Gasteiger partial charge is 0.497 e. The molecule has 2 amide bonds. The van der Waals surface area contributed by atoms with Gasteiger partial charge in [0.05, 0.1) is 12.6 Å². The Labute approximate surface area is 128 Å². The number of aromatic nitrogens is 1. The minimum atomic E-state index is -0.403. The van der Waals surface area contributed by atoms with Gasteiger partial charge in [0.25, 0.3) is 0 Å². The van der Waals surface area contributed by atoms with E-state index in [4.69, 9.17) is 4.74 Å². The zero-order valence-electron chi connectivity index (χ0n) is 12.9. The molecule has 0 radical (unpaired) electrons. The predicted octanol–water partition coefficient (Wildman–Crippen LogP) is 1.22. The van der Waals surface area contributed by atoms with Crippen LogP contribution in [0.1, 0.15) is 0 Å². The number of amides is 2. The fourth-order valence-electron chi connectivity index (χ4n) is 1.98. The number of nitrogens with zero attached hydrogens (tertiary/aromatic N) is 1. The number of anilines is 1. The first-order valence-electron chi connectivity index (χ1n) is 6.90. The Morgan fingerprint density at radius 2 is 2.14 bits per heavy atom. The Morgan fingerprint density at radius 3 is 2.82 bits per heavy atom. The molecule has 0 saturated heterocycles. The molecule has 2 aromatic rings. The van der Waals surface area contributed by atoms with Gasteiger partial charge in [-0.2, -0.15) is 0 Å². The average molecular weight is 304 g/mol. The fourth-order valence-corrected chi connectivity index (χ4v) is 1.98. The standard InChI is InChI=1S/C15H20N4O3/c1-19(2)7-6-16-15(21)18-13-9-17-12-8-10(22-3)4-5-11(12)14(13)20/h4-5,8-9H,6-7H2,1-3H3,(H,17,20)(H2,16,18,21). The number of aromatic amines is 1. The lowest BCUT2D eigenvalue weighted by molar-refractivity contribution is 0.250. The summed E-state index contributed by atoms with van der Waals surface area (Å²) in [7, 11) is 5.40. The predicted molar refractivity (Wildman–Crippen MR) is 86.7 cm³/mol. The number of nitrogens with one attached hydrogen (secondary N) is 3. The highest BCUT2D eigenvalue weighted by Crippen LogP contribution is 2.17. The van der Waals surface area contributed by atoms with Gasteiger partial charge in [0.15, 0.2) is 0 Å². The topological polar surface area (TPSA) is 86.5 Å². The second kappa shape index (κ2) is 6.95. The summed E-state index contributed by atoms with van der Waals surface area (Å²) in [6.45, 7) is 1.23. The minimum Gasteiger partial charge on any atom is -0.497 e. The van der Waals surface area contributed by atoms with Gasteiger partial charge in [0, 0.05) is 30.7 Å². The minimum absolute atomic E-state index is 0.208. The van der Waals surface area contributed by atoms with E-state index in [2.05, 4.69) is 15.6 Å². The highest BCUT2D eigenvalue weighted by atomic mass is 16.5. The van der Waals surface area contributed by atoms with Crippen LogP contribution in [0.5, 0.6) is 5.75 Å². The van der Waals surface area contributed by atoms with Crippen molar-refractivity contribution in [1.82, 2.24) is 15.2 Å². The van der Waals surface area contributed by atoms with E-state index in [0.29, 0.717) is 23.2 Å². The second-order valence-electron chi connectivity index (χ2n) is 5.13. The van der Waals surface area contributed by atoms with Crippen molar-refractivity contribution >= 4 is 22.6 Å². The summed E-state index contributed by atoms with van der Waals surface area (Å²) in [4.78, 5) is 29.0. The van der Waals surface area contributed by atoms with Gasteiger partial charge in [0.2, 0.25) is 5.43 Å². The molecule has 0 aliphatic rings.